The van der Waals surface area contributed by atoms with E-state index in [1.54, 1.807) is 6.20 Å². The first-order valence-corrected chi connectivity index (χ1v) is 9.59. The summed E-state index contributed by atoms with van der Waals surface area (Å²) in [6.07, 6.45) is 2.91. The molecular formula is C19H25N3O2S. The second-order valence-corrected chi connectivity index (χ2v) is 7.56. The Morgan fingerprint density at radius 2 is 2.16 bits per heavy atom. The van der Waals surface area contributed by atoms with E-state index in [4.69, 9.17) is 4.74 Å². The minimum absolute atomic E-state index is 0.0807. The van der Waals surface area contributed by atoms with Gasteiger partial charge in [0, 0.05) is 47.7 Å². The smallest absolute Gasteiger partial charge is 0.220 e. The number of aryl methyl sites for hydroxylation is 2. The molecule has 1 amide bonds. The van der Waals surface area contributed by atoms with E-state index in [1.165, 1.54) is 9.75 Å². The van der Waals surface area contributed by atoms with Crippen molar-refractivity contribution >= 4 is 17.2 Å². The molecule has 0 bridgehead atoms. The Balaban J connectivity index is 1.55. The average Bonchev–Trinajstić information content (AvgIpc) is 3.08. The normalized spacial score (nSPS) is 16.5. The van der Waals surface area contributed by atoms with Crippen molar-refractivity contribution in [1.82, 2.24) is 15.2 Å². The standard InChI is InChI=1S/C19H25N3O2S/c1-15-5-7-18(25-15)17(22-10-12-24-13-11-22)14-21-19(23)8-6-16-4-2-3-9-20-16/h2-5,7,9,17H,6,8,10-14H2,1H3,(H,21,23)/t17-/m0/s1. The number of rotatable bonds is 7. The summed E-state index contributed by atoms with van der Waals surface area (Å²) in [6.45, 7) is 6.09. The van der Waals surface area contributed by atoms with Gasteiger partial charge in [-0.1, -0.05) is 6.07 Å². The summed E-state index contributed by atoms with van der Waals surface area (Å²) >= 11 is 1.81. The number of nitrogens with one attached hydrogen (secondary N) is 1. The lowest BCUT2D eigenvalue weighted by atomic mass is 10.1. The number of ether oxygens (including phenoxy) is 1. The van der Waals surface area contributed by atoms with E-state index < -0.39 is 0 Å². The summed E-state index contributed by atoms with van der Waals surface area (Å²) in [5, 5.41) is 3.12. The zero-order valence-corrected chi connectivity index (χ0v) is 15.4. The summed E-state index contributed by atoms with van der Waals surface area (Å²) in [6, 6.07) is 10.4. The first-order chi connectivity index (χ1) is 12.2. The van der Waals surface area contributed by atoms with Crippen LogP contribution >= 0.6 is 11.3 Å². The van der Waals surface area contributed by atoms with Crippen LogP contribution in [0.3, 0.4) is 0 Å². The topological polar surface area (TPSA) is 54.5 Å². The van der Waals surface area contributed by atoms with Crippen LogP contribution in [0.4, 0.5) is 0 Å². The van der Waals surface area contributed by atoms with Crippen LogP contribution < -0.4 is 5.32 Å². The van der Waals surface area contributed by atoms with Crippen molar-refractivity contribution in [3.8, 4) is 0 Å². The first kappa shape index (κ1) is 18.0. The number of nitrogens with zero attached hydrogens (tertiary/aromatic N) is 2. The van der Waals surface area contributed by atoms with Gasteiger partial charge >= 0.3 is 0 Å². The number of hydrogen-bond acceptors (Lipinski definition) is 5. The number of pyridine rings is 1. The summed E-state index contributed by atoms with van der Waals surface area (Å²) in [4.78, 5) is 21.6. The van der Waals surface area contributed by atoms with Crippen LogP contribution in [0.1, 0.15) is 27.9 Å². The van der Waals surface area contributed by atoms with Crippen molar-refractivity contribution in [2.75, 3.05) is 32.8 Å². The Hall–Kier alpha value is -1.76. The quantitative estimate of drug-likeness (QED) is 0.826. The molecular weight excluding hydrogens is 334 g/mol. The summed E-state index contributed by atoms with van der Waals surface area (Å²) in [5.74, 6) is 0.0807. The molecule has 25 heavy (non-hydrogen) atoms. The van der Waals surface area contributed by atoms with Gasteiger partial charge in [-0.3, -0.25) is 14.7 Å². The third-order valence-electron chi connectivity index (χ3n) is 4.40. The number of hydrogen-bond donors (Lipinski definition) is 1. The van der Waals surface area contributed by atoms with Gasteiger partial charge in [0.2, 0.25) is 5.91 Å². The maximum Gasteiger partial charge on any atom is 0.220 e. The second kappa shape index (κ2) is 9.08. The molecule has 0 radical (unpaired) electrons. The van der Waals surface area contributed by atoms with Gasteiger partial charge in [-0.25, -0.2) is 0 Å². The number of carbonyl (C=O) groups is 1. The molecule has 2 aromatic heterocycles. The van der Waals surface area contributed by atoms with Gasteiger partial charge in [0.05, 0.1) is 19.3 Å². The fourth-order valence-electron chi connectivity index (χ4n) is 3.02. The highest BCUT2D eigenvalue weighted by Gasteiger charge is 2.24. The Labute approximate surface area is 153 Å². The number of carbonyl (C=O) groups excluding carboxylic acids is 1. The summed E-state index contributed by atoms with van der Waals surface area (Å²) in [7, 11) is 0. The zero-order chi connectivity index (χ0) is 17.5. The van der Waals surface area contributed by atoms with Gasteiger partial charge in [-0.15, -0.1) is 11.3 Å². The lowest BCUT2D eigenvalue weighted by molar-refractivity contribution is -0.121. The summed E-state index contributed by atoms with van der Waals surface area (Å²) < 4.78 is 5.47. The molecule has 0 saturated carbocycles. The molecule has 1 aliphatic heterocycles. The van der Waals surface area contributed by atoms with Gasteiger partial charge in [0.15, 0.2) is 0 Å². The van der Waals surface area contributed by atoms with Crippen molar-refractivity contribution in [3.63, 3.8) is 0 Å². The van der Waals surface area contributed by atoms with Crippen molar-refractivity contribution in [1.29, 1.82) is 0 Å². The predicted molar refractivity (Wildman–Crippen MR) is 99.8 cm³/mol. The highest BCUT2D eigenvalue weighted by atomic mass is 32.1. The van der Waals surface area contributed by atoms with Crippen LogP contribution in [-0.2, 0) is 16.0 Å². The average molecular weight is 359 g/mol. The molecule has 134 valence electrons. The Bertz CT molecular complexity index is 668. The molecule has 1 fully saturated rings. The molecule has 3 rings (SSSR count). The molecule has 0 aliphatic carbocycles. The van der Waals surface area contributed by atoms with Gasteiger partial charge in [0.1, 0.15) is 0 Å². The van der Waals surface area contributed by atoms with Crippen LogP contribution in [0.15, 0.2) is 36.5 Å². The third-order valence-corrected chi connectivity index (χ3v) is 5.50. The van der Waals surface area contributed by atoms with Gasteiger partial charge in [-0.2, -0.15) is 0 Å². The maximum atomic E-state index is 12.3. The molecule has 1 N–H and O–H groups in total. The molecule has 5 nitrogen and oxygen atoms in total. The van der Waals surface area contributed by atoms with Crippen LogP contribution in [0.2, 0.25) is 0 Å². The molecule has 6 heteroatoms. The minimum Gasteiger partial charge on any atom is -0.379 e. The van der Waals surface area contributed by atoms with Crippen molar-refractivity contribution in [3.05, 3.63) is 52.0 Å². The predicted octanol–water partition coefficient (Wildman–Crippen LogP) is 2.57. The highest BCUT2D eigenvalue weighted by molar-refractivity contribution is 7.12. The maximum absolute atomic E-state index is 12.3. The molecule has 1 saturated heterocycles. The fourth-order valence-corrected chi connectivity index (χ4v) is 4.03. The van der Waals surface area contributed by atoms with Crippen LogP contribution in [0.5, 0.6) is 0 Å². The molecule has 1 aliphatic rings. The Kier molecular flexibility index (Phi) is 6.55. The van der Waals surface area contributed by atoms with Crippen molar-refractivity contribution in [2.45, 2.75) is 25.8 Å². The Morgan fingerprint density at radius 3 is 2.84 bits per heavy atom. The molecule has 3 heterocycles. The number of amides is 1. The van der Waals surface area contributed by atoms with Crippen LogP contribution in [0.25, 0.3) is 0 Å². The second-order valence-electron chi connectivity index (χ2n) is 6.24. The largest absolute Gasteiger partial charge is 0.379 e. The van der Waals surface area contributed by atoms with Crippen molar-refractivity contribution < 1.29 is 9.53 Å². The summed E-state index contributed by atoms with van der Waals surface area (Å²) in [5.41, 5.74) is 0.955. The van der Waals surface area contributed by atoms with Gasteiger partial charge in [-0.05, 0) is 37.6 Å². The Morgan fingerprint density at radius 1 is 1.32 bits per heavy atom. The number of thiophene rings is 1. The molecule has 1 atom stereocenters. The molecule has 0 unspecified atom stereocenters. The van der Waals surface area contributed by atoms with Gasteiger partial charge < -0.3 is 10.1 Å². The number of aromatic nitrogens is 1. The molecule has 0 aromatic carbocycles. The highest BCUT2D eigenvalue weighted by Crippen LogP contribution is 2.27. The van der Waals surface area contributed by atoms with Crippen LogP contribution in [-0.4, -0.2) is 48.6 Å². The molecule has 0 spiro atoms. The third kappa shape index (κ3) is 5.36. The van der Waals surface area contributed by atoms with E-state index in [0.29, 0.717) is 19.4 Å². The lowest BCUT2D eigenvalue weighted by Gasteiger charge is -2.34. The SMILES string of the molecule is Cc1ccc([C@H](CNC(=O)CCc2ccccn2)N2CCOCC2)s1. The monoisotopic (exact) mass is 359 g/mol. The van der Waals surface area contributed by atoms with E-state index in [-0.39, 0.29) is 11.9 Å². The van der Waals surface area contributed by atoms with E-state index in [2.05, 4.69) is 34.3 Å². The minimum atomic E-state index is 0.0807. The van der Waals surface area contributed by atoms with Crippen LogP contribution in [0, 0.1) is 6.92 Å². The van der Waals surface area contributed by atoms with E-state index in [0.717, 1.165) is 32.0 Å². The molecule has 2 aromatic rings. The van der Waals surface area contributed by atoms with E-state index in [9.17, 15) is 4.79 Å². The zero-order valence-electron chi connectivity index (χ0n) is 14.6. The van der Waals surface area contributed by atoms with Crippen molar-refractivity contribution in [2.24, 2.45) is 0 Å². The lowest BCUT2D eigenvalue weighted by Crippen LogP contribution is -2.43. The van der Waals surface area contributed by atoms with Gasteiger partial charge in [0.25, 0.3) is 0 Å². The fraction of sp³-hybridized carbons (Fsp3) is 0.474. The first-order valence-electron chi connectivity index (χ1n) is 8.77. The van der Waals surface area contributed by atoms with E-state index >= 15 is 0 Å². The number of morpholine rings is 1. The van der Waals surface area contributed by atoms with E-state index in [1.807, 2.05) is 29.5 Å².